The van der Waals surface area contributed by atoms with Gasteiger partial charge in [-0.3, -0.25) is 9.80 Å². The summed E-state index contributed by atoms with van der Waals surface area (Å²) >= 11 is 0. The van der Waals surface area contributed by atoms with Crippen LogP contribution in [-0.4, -0.2) is 44.3 Å². The van der Waals surface area contributed by atoms with Crippen LogP contribution >= 0.6 is 0 Å². The molecule has 0 unspecified atom stereocenters. The molecule has 0 amide bonds. The van der Waals surface area contributed by atoms with Crippen LogP contribution in [0.1, 0.15) is 66.8 Å². The Labute approximate surface area is 249 Å². The Morgan fingerprint density at radius 3 is 0.786 bits per heavy atom. The zero-order valence-electron chi connectivity index (χ0n) is 25.5. The van der Waals surface area contributed by atoms with Gasteiger partial charge in [-0.15, -0.1) is 0 Å². The normalized spacial score (nSPS) is 15.0. The van der Waals surface area contributed by atoms with Crippen molar-refractivity contribution in [1.82, 2.24) is 9.80 Å². The van der Waals surface area contributed by atoms with E-state index < -0.39 is 0 Å². The van der Waals surface area contributed by atoms with Gasteiger partial charge in [0.2, 0.25) is 0 Å². The summed E-state index contributed by atoms with van der Waals surface area (Å²) in [7, 11) is 3.95. The molecular weight excluding hydrogens is 524 g/mol. The summed E-state index contributed by atoms with van der Waals surface area (Å²) in [5.41, 5.74) is 10.5. The molecule has 0 spiro atoms. The molecule has 1 aliphatic heterocycles. The van der Waals surface area contributed by atoms with Crippen molar-refractivity contribution in [1.29, 1.82) is 0 Å². The number of phenolic OH excluding ortho intramolecular Hbond substituents is 4. The van der Waals surface area contributed by atoms with E-state index in [1.165, 1.54) is 0 Å². The zero-order valence-corrected chi connectivity index (χ0v) is 25.5. The monoisotopic (exact) mass is 566 g/mol. The third kappa shape index (κ3) is 6.25. The Morgan fingerprint density at radius 1 is 0.381 bits per heavy atom. The minimum absolute atomic E-state index is 0.236. The van der Waals surface area contributed by atoms with Crippen LogP contribution in [-0.2, 0) is 39.0 Å². The van der Waals surface area contributed by atoms with Crippen molar-refractivity contribution >= 4 is 0 Å². The highest BCUT2D eigenvalue weighted by Gasteiger charge is 2.20. The average molecular weight is 567 g/mol. The minimum atomic E-state index is 0.236. The molecule has 0 saturated carbocycles. The number of hydrogen-bond donors (Lipinski definition) is 4. The van der Waals surface area contributed by atoms with Crippen LogP contribution in [0.15, 0.2) is 48.5 Å². The number of nitrogens with zero attached hydrogens (tertiary/aromatic N) is 2. The van der Waals surface area contributed by atoms with Crippen LogP contribution < -0.4 is 0 Å². The largest absolute Gasteiger partial charge is 0.507 e. The fourth-order valence-corrected chi connectivity index (χ4v) is 6.44. The summed E-state index contributed by atoms with van der Waals surface area (Å²) in [5, 5.41) is 45.4. The summed E-state index contributed by atoms with van der Waals surface area (Å²) in [6.45, 7) is 10.0. The number of fused-ring (bicyclic) bond motifs is 8. The Bertz CT molecular complexity index is 1420. The van der Waals surface area contributed by atoms with Gasteiger partial charge in [-0.2, -0.15) is 0 Å². The Hall–Kier alpha value is -4.00. The van der Waals surface area contributed by atoms with Crippen LogP contribution in [0, 0.1) is 27.7 Å². The van der Waals surface area contributed by atoms with Gasteiger partial charge < -0.3 is 20.4 Å². The van der Waals surface area contributed by atoms with E-state index in [9.17, 15) is 20.4 Å². The zero-order chi connectivity index (χ0) is 30.3. The van der Waals surface area contributed by atoms with Crippen molar-refractivity contribution in [2.45, 2.75) is 66.7 Å². The molecular formula is C36H42N2O4. The molecule has 0 aromatic heterocycles. The number of aryl methyl sites for hydroxylation is 4. The maximum Gasteiger partial charge on any atom is 0.123 e. The molecule has 4 aromatic carbocycles. The van der Waals surface area contributed by atoms with E-state index in [0.717, 1.165) is 66.8 Å². The molecule has 6 nitrogen and oxygen atoms in total. The lowest BCUT2D eigenvalue weighted by molar-refractivity contribution is 0.305. The van der Waals surface area contributed by atoms with Crippen molar-refractivity contribution < 1.29 is 20.4 Å². The Balaban J connectivity index is 1.64. The van der Waals surface area contributed by atoms with E-state index >= 15 is 0 Å². The van der Waals surface area contributed by atoms with Gasteiger partial charge in [-0.1, -0.05) is 70.8 Å². The van der Waals surface area contributed by atoms with Crippen molar-refractivity contribution in [3.05, 3.63) is 115 Å². The SMILES string of the molecule is Cc1cc2c(O)c(c1)CN(C)Cc1cc(C)cc(c1O)Cc1cc(C)cc(c1O)CN(C)Cc1cc(C)cc(c1O)C2. The Morgan fingerprint density at radius 2 is 0.571 bits per heavy atom. The van der Waals surface area contributed by atoms with Crippen LogP contribution in [0.4, 0.5) is 0 Å². The maximum atomic E-state index is 11.4. The molecule has 0 radical (unpaired) electrons. The molecule has 42 heavy (non-hydrogen) atoms. The summed E-state index contributed by atoms with van der Waals surface area (Å²) < 4.78 is 0. The van der Waals surface area contributed by atoms with Crippen molar-refractivity contribution in [2.75, 3.05) is 14.1 Å². The molecule has 6 heteroatoms. The van der Waals surface area contributed by atoms with Gasteiger partial charge in [-0.25, -0.2) is 0 Å². The molecule has 220 valence electrons. The Kier molecular flexibility index (Phi) is 8.22. The number of aromatic hydroxyl groups is 4. The van der Waals surface area contributed by atoms with E-state index in [4.69, 9.17) is 0 Å². The number of rotatable bonds is 0. The van der Waals surface area contributed by atoms with Crippen LogP contribution in [0.25, 0.3) is 0 Å². The van der Waals surface area contributed by atoms with E-state index in [-0.39, 0.29) is 23.0 Å². The molecule has 1 heterocycles. The van der Waals surface area contributed by atoms with Crippen LogP contribution in [0.5, 0.6) is 23.0 Å². The van der Waals surface area contributed by atoms with E-state index in [1.807, 2.05) is 90.3 Å². The molecule has 1 aliphatic rings. The summed E-state index contributed by atoms with van der Waals surface area (Å²) in [5.74, 6) is 0.944. The van der Waals surface area contributed by atoms with Gasteiger partial charge in [-0.05, 0) is 64.0 Å². The van der Waals surface area contributed by atoms with E-state index in [2.05, 4.69) is 9.80 Å². The second-order valence-electron chi connectivity index (χ2n) is 12.4. The molecule has 4 N–H and O–H groups in total. The highest BCUT2D eigenvalue weighted by atomic mass is 16.3. The molecule has 5 rings (SSSR count). The standard InChI is InChI=1S/C36H42N2O4/c1-21-7-25-15-26-8-22(2)12-31(34(26)40)19-38(6)20-32-14-24(4)10-28(36(32)42)16-27-9-23(3)13-30(35(27)41)18-37(5)17-29(11-21)33(25)39/h7-14,39-42H,15-20H2,1-6H3. The number of phenols is 4. The molecule has 4 aromatic rings. The smallest absolute Gasteiger partial charge is 0.123 e. The fraction of sp³-hybridized carbons (Fsp3) is 0.333. The number of benzene rings is 4. The lowest BCUT2D eigenvalue weighted by atomic mass is 9.94. The summed E-state index contributed by atoms with van der Waals surface area (Å²) in [6, 6.07) is 15.9. The summed E-state index contributed by atoms with van der Waals surface area (Å²) in [4.78, 5) is 4.16. The van der Waals surface area contributed by atoms with Crippen molar-refractivity contribution in [3.63, 3.8) is 0 Å². The predicted octanol–water partition coefficient (Wildman–Crippen LogP) is 6.50. The first-order chi connectivity index (χ1) is 19.9. The first-order valence-corrected chi connectivity index (χ1v) is 14.5. The van der Waals surface area contributed by atoms with E-state index in [1.54, 1.807) is 0 Å². The van der Waals surface area contributed by atoms with Crippen LogP contribution in [0.3, 0.4) is 0 Å². The molecule has 0 aliphatic carbocycles. The topological polar surface area (TPSA) is 87.4 Å². The first kappa shape index (κ1) is 29.5. The van der Waals surface area contributed by atoms with Gasteiger partial charge >= 0.3 is 0 Å². The lowest BCUT2D eigenvalue weighted by Crippen LogP contribution is -2.19. The van der Waals surface area contributed by atoms with Gasteiger partial charge in [0.1, 0.15) is 23.0 Å². The lowest BCUT2D eigenvalue weighted by Gasteiger charge is -2.23. The maximum absolute atomic E-state index is 11.4. The van der Waals surface area contributed by atoms with Gasteiger partial charge in [0.15, 0.2) is 0 Å². The third-order valence-electron chi connectivity index (χ3n) is 8.17. The van der Waals surface area contributed by atoms with E-state index in [0.29, 0.717) is 39.0 Å². The molecule has 0 fully saturated rings. The average Bonchev–Trinajstić information content (AvgIpc) is 2.89. The highest BCUT2D eigenvalue weighted by Crippen LogP contribution is 2.36. The van der Waals surface area contributed by atoms with Crippen LogP contribution in [0.2, 0.25) is 0 Å². The molecule has 0 atom stereocenters. The summed E-state index contributed by atoms with van der Waals surface area (Å²) in [6.07, 6.45) is 0.803. The molecule has 0 saturated heterocycles. The number of hydrogen-bond acceptors (Lipinski definition) is 6. The highest BCUT2D eigenvalue weighted by molar-refractivity contribution is 5.52. The second kappa shape index (κ2) is 11.7. The first-order valence-electron chi connectivity index (χ1n) is 14.5. The van der Waals surface area contributed by atoms with Gasteiger partial charge in [0.05, 0.1) is 0 Å². The quantitative estimate of drug-likeness (QED) is 0.194. The van der Waals surface area contributed by atoms with Gasteiger partial charge in [0, 0.05) is 61.3 Å². The fourth-order valence-electron chi connectivity index (χ4n) is 6.44. The second-order valence-corrected chi connectivity index (χ2v) is 12.4. The van der Waals surface area contributed by atoms with Gasteiger partial charge in [0.25, 0.3) is 0 Å². The predicted molar refractivity (Wildman–Crippen MR) is 167 cm³/mol. The third-order valence-corrected chi connectivity index (χ3v) is 8.17. The molecule has 8 bridgehead atoms. The van der Waals surface area contributed by atoms with Crippen molar-refractivity contribution in [3.8, 4) is 23.0 Å². The van der Waals surface area contributed by atoms with Crippen molar-refractivity contribution in [2.24, 2.45) is 0 Å². The minimum Gasteiger partial charge on any atom is -0.507 e.